The minimum absolute atomic E-state index is 0.0875. The molecule has 7 nitrogen and oxygen atoms in total. The highest BCUT2D eigenvalue weighted by Crippen LogP contribution is 2.29. The Kier molecular flexibility index (Phi) is 6.63. The quantitative estimate of drug-likeness (QED) is 0.428. The molecule has 178 valence electrons. The first-order valence-electron chi connectivity index (χ1n) is 10.5. The van der Waals surface area contributed by atoms with Crippen molar-refractivity contribution < 1.29 is 22.8 Å². The zero-order valence-electron chi connectivity index (χ0n) is 18.2. The van der Waals surface area contributed by atoms with E-state index >= 15 is 0 Å². The van der Waals surface area contributed by atoms with Crippen molar-refractivity contribution in [2.45, 2.75) is 19.1 Å². The summed E-state index contributed by atoms with van der Waals surface area (Å²) in [6.07, 6.45) is -4.91. The maximum atomic E-state index is 12.9. The van der Waals surface area contributed by atoms with Gasteiger partial charge in [0.25, 0.3) is 11.5 Å². The predicted octanol–water partition coefficient (Wildman–Crippen LogP) is 3.47. The number of alkyl halides is 3. The number of carbonyl (C=O) groups excluding carboxylic acids is 2. The SMILES string of the molecule is O=C(Cc1cccc(C(F)(F)F)c1)NNC(=O)c1nn(Cc2ccccc2)c(=O)c2ccccc12. The molecule has 0 aliphatic carbocycles. The van der Waals surface area contributed by atoms with Crippen LogP contribution in [-0.4, -0.2) is 21.6 Å². The fourth-order valence-electron chi connectivity index (χ4n) is 3.54. The Balaban J connectivity index is 1.53. The van der Waals surface area contributed by atoms with Gasteiger partial charge in [-0.25, -0.2) is 4.68 Å². The number of rotatable bonds is 5. The van der Waals surface area contributed by atoms with Gasteiger partial charge in [0.1, 0.15) is 0 Å². The molecule has 1 heterocycles. The highest BCUT2D eigenvalue weighted by Gasteiger charge is 2.30. The number of hydrogen-bond donors (Lipinski definition) is 2. The van der Waals surface area contributed by atoms with Crippen molar-refractivity contribution >= 4 is 22.6 Å². The van der Waals surface area contributed by atoms with Gasteiger partial charge in [-0.3, -0.25) is 25.2 Å². The summed E-state index contributed by atoms with van der Waals surface area (Å²) in [5.74, 6) is -1.50. The van der Waals surface area contributed by atoms with Crippen molar-refractivity contribution in [3.63, 3.8) is 0 Å². The van der Waals surface area contributed by atoms with Crippen molar-refractivity contribution in [3.05, 3.63) is 112 Å². The molecule has 0 saturated carbocycles. The molecule has 0 spiro atoms. The second-order valence-corrected chi connectivity index (χ2v) is 7.72. The highest BCUT2D eigenvalue weighted by atomic mass is 19.4. The second kappa shape index (κ2) is 9.80. The molecule has 0 atom stereocenters. The molecule has 0 bridgehead atoms. The number of nitrogens with one attached hydrogen (secondary N) is 2. The molecular formula is C25H19F3N4O3. The zero-order valence-corrected chi connectivity index (χ0v) is 18.2. The lowest BCUT2D eigenvalue weighted by Crippen LogP contribution is -2.43. The second-order valence-electron chi connectivity index (χ2n) is 7.72. The normalized spacial score (nSPS) is 11.3. The Hall–Kier alpha value is -4.47. The van der Waals surface area contributed by atoms with Crippen LogP contribution in [-0.2, 0) is 23.9 Å². The summed E-state index contributed by atoms with van der Waals surface area (Å²) in [5.41, 5.74) is 4.01. The van der Waals surface area contributed by atoms with Crippen LogP contribution in [0.15, 0.2) is 83.7 Å². The van der Waals surface area contributed by atoms with Crippen molar-refractivity contribution in [1.82, 2.24) is 20.6 Å². The minimum atomic E-state index is -4.53. The molecule has 3 aromatic carbocycles. The summed E-state index contributed by atoms with van der Waals surface area (Å²) >= 11 is 0. The molecule has 0 aliphatic heterocycles. The summed E-state index contributed by atoms with van der Waals surface area (Å²) in [4.78, 5) is 38.0. The standard InChI is InChI=1S/C25H19F3N4O3/c26-25(27,28)18-10-6-9-17(13-18)14-21(33)29-30-23(34)22-19-11-4-5-12-20(19)24(35)32(31-22)15-16-7-2-1-3-8-16/h1-13H,14-15H2,(H,29,33)(H,30,34). The van der Waals surface area contributed by atoms with Crippen molar-refractivity contribution in [1.29, 1.82) is 0 Å². The summed E-state index contributed by atoms with van der Waals surface area (Å²) < 4.78 is 39.8. The third-order valence-electron chi connectivity index (χ3n) is 5.19. The van der Waals surface area contributed by atoms with E-state index in [2.05, 4.69) is 16.0 Å². The first kappa shape index (κ1) is 23.7. The van der Waals surface area contributed by atoms with Gasteiger partial charge in [0.05, 0.1) is 23.9 Å². The van der Waals surface area contributed by atoms with Gasteiger partial charge in [-0.2, -0.15) is 18.3 Å². The number of benzene rings is 3. The largest absolute Gasteiger partial charge is 0.416 e. The highest BCUT2D eigenvalue weighted by molar-refractivity contribution is 6.05. The number of nitrogens with zero attached hydrogens (tertiary/aromatic N) is 2. The number of carbonyl (C=O) groups is 2. The number of hydrazine groups is 1. The Morgan fingerprint density at radius 2 is 1.49 bits per heavy atom. The molecule has 1 aromatic heterocycles. The van der Waals surface area contributed by atoms with Crippen LogP contribution in [0.2, 0.25) is 0 Å². The predicted molar refractivity (Wildman–Crippen MR) is 122 cm³/mol. The molecule has 0 unspecified atom stereocenters. The lowest BCUT2D eigenvalue weighted by molar-refractivity contribution is -0.137. The molecule has 0 saturated heterocycles. The molecular weight excluding hydrogens is 461 g/mol. The van der Waals surface area contributed by atoms with Gasteiger partial charge in [-0.05, 0) is 23.3 Å². The fraction of sp³-hybridized carbons (Fsp3) is 0.120. The molecule has 0 aliphatic rings. The maximum absolute atomic E-state index is 12.9. The van der Waals surface area contributed by atoms with Crippen LogP contribution in [0.1, 0.15) is 27.2 Å². The van der Waals surface area contributed by atoms with Crippen LogP contribution in [0.5, 0.6) is 0 Å². The van der Waals surface area contributed by atoms with E-state index in [1.807, 2.05) is 30.3 Å². The van der Waals surface area contributed by atoms with E-state index in [1.165, 1.54) is 12.1 Å². The van der Waals surface area contributed by atoms with E-state index in [0.29, 0.717) is 5.39 Å². The minimum Gasteiger partial charge on any atom is -0.273 e. The summed E-state index contributed by atoms with van der Waals surface area (Å²) in [5, 5.41) is 4.79. The Bertz CT molecular complexity index is 1450. The number of aromatic nitrogens is 2. The van der Waals surface area contributed by atoms with E-state index in [9.17, 15) is 27.6 Å². The number of halogens is 3. The van der Waals surface area contributed by atoms with Gasteiger partial charge in [-0.15, -0.1) is 0 Å². The van der Waals surface area contributed by atoms with Crippen LogP contribution >= 0.6 is 0 Å². The van der Waals surface area contributed by atoms with Crippen molar-refractivity contribution in [2.75, 3.05) is 0 Å². The molecule has 4 aromatic rings. The molecule has 2 N–H and O–H groups in total. The van der Waals surface area contributed by atoms with Gasteiger partial charge in [0.15, 0.2) is 5.69 Å². The van der Waals surface area contributed by atoms with Gasteiger partial charge in [-0.1, -0.05) is 66.7 Å². The summed E-state index contributed by atoms with van der Waals surface area (Å²) in [6.45, 7) is 0.132. The van der Waals surface area contributed by atoms with E-state index in [-0.39, 0.29) is 35.2 Å². The lowest BCUT2D eigenvalue weighted by Gasteiger charge is -2.12. The van der Waals surface area contributed by atoms with Gasteiger partial charge in [0, 0.05) is 5.39 Å². The van der Waals surface area contributed by atoms with Gasteiger partial charge >= 0.3 is 6.18 Å². The first-order valence-corrected chi connectivity index (χ1v) is 10.5. The molecule has 4 rings (SSSR count). The van der Waals surface area contributed by atoms with E-state index in [1.54, 1.807) is 24.3 Å². The first-order chi connectivity index (χ1) is 16.7. The Morgan fingerprint density at radius 1 is 0.829 bits per heavy atom. The smallest absolute Gasteiger partial charge is 0.273 e. The fourth-order valence-corrected chi connectivity index (χ4v) is 3.54. The van der Waals surface area contributed by atoms with Crippen LogP contribution < -0.4 is 16.4 Å². The van der Waals surface area contributed by atoms with E-state index < -0.39 is 23.6 Å². The molecule has 0 fully saturated rings. The average molecular weight is 480 g/mol. The summed E-state index contributed by atoms with van der Waals surface area (Å²) in [7, 11) is 0. The maximum Gasteiger partial charge on any atom is 0.416 e. The van der Waals surface area contributed by atoms with Gasteiger partial charge < -0.3 is 0 Å². The van der Waals surface area contributed by atoms with Crippen LogP contribution in [0, 0.1) is 0 Å². The Labute approximate surface area is 197 Å². The number of amides is 2. The van der Waals surface area contributed by atoms with Crippen molar-refractivity contribution in [2.24, 2.45) is 0 Å². The number of fused-ring (bicyclic) bond motifs is 1. The number of hydrogen-bond acceptors (Lipinski definition) is 4. The lowest BCUT2D eigenvalue weighted by atomic mass is 10.1. The molecule has 0 radical (unpaired) electrons. The van der Waals surface area contributed by atoms with E-state index in [0.717, 1.165) is 22.4 Å². The van der Waals surface area contributed by atoms with Crippen LogP contribution in [0.3, 0.4) is 0 Å². The van der Waals surface area contributed by atoms with Gasteiger partial charge in [0.2, 0.25) is 5.91 Å². The van der Waals surface area contributed by atoms with Crippen LogP contribution in [0.25, 0.3) is 10.8 Å². The summed E-state index contributed by atoms with van der Waals surface area (Å²) in [6, 6.07) is 19.9. The monoisotopic (exact) mass is 480 g/mol. The molecule has 2 amide bonds. The Morgan fingerprint density at radius 3 is 2.20 bits per heavy atom. The zero-order chi connectivity index (χ0) is 25.0. The van der Waals surface area contributed by atoms with Crippen molar-refractivity contribution in [3.8, 4) is 0 Å². The third kappa shape index (κ3) is 5.55. The molecule has 35 heavy (non-hydrogen) atoms. The van der Waals surface area contributed by atoms with E-state index in [4.69, 9.17) is 0 Å². The average Bonchev–Trinajstić information content (AvgIpc) is 2.84. The molecule has 10 heteroatoms. The topological polar surface area (TPSA) is 93.1 Å². The third-order valence-corrected chi connectivity index (χ3v) is 5.19. The van der Waals surface area contributed by atoms with Crippen LogP contribution in [0.4, 0.5) is 13.2 Å².